The van der Waals surface area contributed by atoms with Crippen molar-refractivity contribution in [2.45, 2.75) is 39.3 Å². The van der Waals surface area contributed by atoms with Crippen LogP contribution in [-0.4, -0.2) is 50.1 Å². The molecule has 1 aliphatic rings. The molecular weight excluding hydrogens is 398 g/mol. The first-order valence-corrected chi connectivity index (χ1v) is 11.3. The second kappa shape index (κ2) is 10.1. The predicted molar refractivity (Wildman–Crippen MR) is 122 cm³/mol. The molecule has 1 N–H and O–H groups in total. The number of nitrogens with zero attached hydrogens (tertiary/aromatic N) is 2. The molecule has 162 valence electrons. The summed E-state index contributed by atoms with van der Waals surface area (Å²) in [5.41, 5.74) is 2.76. The number of amides is 2. The molecule has 7 heteroatoms. The zero-order chi connectivity index (χ0) is 21.7. The average Bonchev–Trinajstić information content (AvgIpc) is 3.41. The second-order valence-corrected chi connectivity index (χ2v) is 9.13. The van der Waals surface area contributed by atoms with E-state index < -0.39 is 0 Å². The van der Waals surface area contributed by atoms with E-state index in [1.165, 1.54) is 11.3 Å². The topological polar surface area (TPSA) is 61.9 Å². The van der Waals surface area contributed by atoms with Gasteiger partial charge < -0.3 is 19.9 Å². The van der Waals surface area contributed by atoms with Crippen molar-refractivity contribution < 1.29 is 14.3 Å². The molecule has 1 saturated heterocycles. The van der Waals surface area contributed by atoms with Crippen molar-refractivity contribution in [2.75, 3.05) is 37.5 Å². The zero-order valence-corrected chi connectivity index (χ0v) is 19.0. The van der Waals surface area contributed by atoms with Gasteiger partial charge in [0, 0.05) is 51.1 Å². The van der Waals surface area contributed by atoms with E-state index in [1.807, 2.05) is 73.5 Å². The number of hydrogen-bond acceptors (Lipinski definition) is 5. The SMILES string of the molecule is CC(C)C(=O)Nc1ccc(N(C)C)c(CN(CC2CCCO2)C(=O)c2cccs2)c1. The molecule has 1 fully saturated rings. The molecule has 1 atom stereocenters. The Hall–Kier alpha value is -2.38. The van der Waals surface area contributed by atoms with Crippen LogP contribution in [0.4, 0.5) is 11.4 Å². The molecule has 1 aromatic carbocycles. The third kappa shape index (κ3) is 5.61. The lowest BCUT2D eigenvalue weighted by molar-refractivity contribution is -0.118. The van der Waals surface area contributed by atoms with Crippen LogP contribution < -0.4 is 10.2 Å². The van der Waals surface area contributed by atoms with Gasteiger partial charge in [0.1, 0.15) is 0 Å². The molecule has 1 aliphatic heterocycles. The molecule has 0 bridgehead atoms. The van der Waals surface area contributed by atoms with Gasteiger partial charge in [0.25, 0.3) is 5.91 Å². The van der Waals surface area contributed by atoms with Gasteiger partial charge in [-0.05, 0) is 48.1 Å². The summed E-state index contributed by atoms with van der Waals surface area (Å²) in [4.78, 5) is 30.0. The Morgan fingerprint density at radius 3 is 2.67 bits per heavy atom. The van der Waals surface area contributed by atoms with Gasteiger partial charge in [-0.15, -0.1) is 11.3 Å². The molecule has 0 radical (unpaired) electrons. The fourth-order valence-corrected chi connectivity index (χ4v) is 4.22. The number of anilines is 2. The van der Waals surface area contributed by atoms with Gasteiger partial charge >= 0.3 is 0 Å². The van der Waals surface area contributed by atoms with Crippen LogP contribution in [0.15, 0.2) is 35.7 Å². The van der Waals surface area contributed by atoms with Crippen molar-refractivity contribution in [1.29, 1.82) is 0 Å². The molecule has 1 unspecified atom stereocenters. The van der Waals surface area contributed by atoms with Crippen LogP contribution in [0.25, 0.3) is 0 Å². The van der Waals surface area contributed by atoms with Gasteiger partial charge in [-0.25, -0.2) is 0 Å². The minimum atomic E-state index is -0.0987. The Morgan fingerprint density at radius 1 is 1.27 bits per heavy atom. The summed E-state index contributed by atoms with van der Waals surface area (Å²) in [6, 6.07) is 9.63. The fourth-order valence-electron chi connectivity index (χ4n) is 3.53. The number of rotatable bonds is 8. The minimum Gasteiger partial charge on any atom is -0.377 e. The zero-order valence-electron chi connectivity index (χ0n) is 18.2. The average molecular weight is 430 g/mol. The minimum absolute atomic E-state index is 0.0156. The van der Waals surface area contributed by atoms with Crippen LogP contribution in [0.5, 0.6) is 0 Å². The van der Waals surface area contributed by atoms with Gasteiger partial charge in [-0.1, -0.05) is 19.9 Å². The Kier molecular flexibility index (Phi) is 7.50. The molecule has 30 heavy (non-hydrogen) atoms. The first kappa shape index (κ1) is 22.3. The molecule has 2 amide bonds. The maximum atomic E-state index is 13.2. The summed E-state index contributed by atoms with van der Waals surface area (Å²) >= 11 is 1.45. The number of carbonyl (C=O) groups is 2. The quantitative estimate of drug-likeness (QED) is 0.682. The highest BCUT2D eigenvalue weighted by Crippen LogP contribution is 2.27. The van der Waals surface area contributed by atoms with Crippen LogP contribution in [0.1, 0.15) is 41.9 Å². The Labute approximate surface area is 182 Å². The standard InChI is InChI=1S/C23H31N3O3S/c1-16(2)22(27)24-18-9-10-20(25(3)4)17(13-18)14-26(15-19-7-5-11-29-19)23(28)21-8-6-12-30-21/h6,8-10,12-13,16,19H,5,7,11,14-15H2,1-4H3,(H,24,27). The monoisotopic (exact) mass is 429 g/mol. The van der Waals surface area contributed by atoms with Gasteiger partial charge in [0.15, 0.2) is 0 Å². The summed E-state index contributed by atoms with van der Waals surface area (Å²) in [7, 11) is 3.97. The number of benzene rings is 1. The van der Waals surface area contributed by atoms with Gasteiger partial charge in [0.2, 0.25) is 5.91 Å². The van der Waals surface area contributed by atoms with E-state index in [9.17, 15) is 9.59 Å². The van der Waals surface area contributed by atoms with E-state index in [0.717, 1.165) is 41.3 Å². The lowest BCUT2D eigenvalue weighted by atomic mass is 10.1. The second-order valence-electron chi connectivity index (χ2n) is 8.18. The van der Waals surface area contributed by atoms with Crippen LogP contribution in [0.2, 0.25) is 0 Å². The maximum Gasteiger partial charge on any atom is 0.264 e. The highest BCUT2D eigenvalue weighted by molar-refractivity contribution is 7.12. The van der Waals surface area contributed by atoms with Gasteiger partial charge in [-0.3, -0.25) is 9.59 Å². The first-order chi connectivity index (χ1) is 14.3. The van der Waals surface area contributed by atoms with Crippen LogP contribution >= 0.6 is 11.3 Å². The van der Waals surface area contributed by atoms with Gasteiger partial charge in [0.05, 0.1) is 11.0 Å². The van der Waals surface area contributed by atoms with Crippen LogP contribution in [-0.2, 0) is 16.1 Å². The smallest absolute Gasteiger partial charge is 0.264 e. The van der Waals surface area contributed by atoms with E-state index in [0.29, 0.717) is 13.1 Å². The molecule has 6 nitrogen and oxygen atoms in total. The Bertz CT molecular complexity index is 859. The third-order valence-corrected chi connectivity index (χ3v) is 6.04. The maximum absolute atomic E-state index is 13.2. The molecular formula is C23H31N3O3S. The van der Waals surface area contributed by atoms with E-state index in [4.69, 9.17) is 4.74 Å². The summed E-state index contributed by atoms with van der Waals surface area (Å²) in [6.45, 7) is 5.51. The molecule has 3 rings (SSSR count). The van der Waals surface area contributed by atoms with Crippen molar-refractivity contribution in [3.63, 3.8) is 0 Å². The van der Waals surface area contributed by atoms with E-state index in [2.05, 4.69) is 5.32 Å². The van der Waals surface area contributed by atoms with Crippen LogP contribution in [0.3, 0.4) is 0 Å². The van der Waals surface area contributed by atoms with Crippen molar-refractivity contribution in [3.8, 4) is 0 Å². The molecule has 0 aliphatic carbocycles. The summed E-state index contributed by atoms with van der Waals surface area (Å²) in [6.07, 6.45) is 2.07. The van der Waals surface area contributed by atoms with E-state index >= 15 is 0 Å². The Morgan fingerprint density at radius 2 is 2.07 bits per heavy atom. The molecule has 0 spiro atoms. The van der Waals surface area contributed by atoms with Crippen molar-refractivity contribution in [2.24, 2.45) is 5.92 Å². The van der Waals surface area contributed by atoms with E-state index in [1.54, 1.807) is 0 Å². The number of carbonyl (C=O) groups excluding carboxylic acids is 2. The van der Waals surface area contributed by atoms with Crippen molar-refractivity contribution in [3.05, 3.63) is 46.2 Å². The number of nitrogens with one attached hydrogen (secondary N) is 1. The number of ether oxygens (including phenoxy) is 1. The lowest BCUT2D eigenvalue weighted by Crippen LogP contribution is -2.37. The lowest BCUT2D eigenvalue weighted by Gasteiger charge is -2.28. The Balaban J connectivity index is 1.88. The van der Waals surface area contributed by atoms with Gasteiger partial charge in [-0.2, -0.15) is 0 Å². The predicted octanol–water partition coefficient (Wildman–Crippen LogP) is 4.23. The molecule has 1 aromatic heterocycles. The van der Waals surface area contributed by atoms with Crippen molar-refractivity contribution >= 4 is 34.5 Å². The molecule has 2 heterocycles. The molecule has 0 saturated carbocycles. The fraction of sp³-hybridized carbons (Fsp3) is 0.478. The summed E-state index contributed by atoms with van der Waals surface area (Å²) < 4.78 is 5.81. The third-order valence-electron chi connectivity index (χ3n) is 5.18. The number of thiophene rings is 1. The summed E-state index contributed by atoms with van der Waals surface area (Å²) in [5.74, 6) is -0.107. The number of hydrogen-bond donors (Lipinski definition) is 1. The van der Waals surface area contributed by atoms with E-state index in [-0.39, 0.29) is 23.8 Å². The summed E-state index contributed by atoms with van der Waals surface area (Å²) in [5, 5.41) is 4.89. The normalized spacial score (nSPS) is 16.0. The first-order valence-electron chi connectivity index (χ1n) is 10.4. The van der Waals surface area contributed by atoms with Crippen LogP contribution in [0, 0.1) is 5.92 Å². The largest absolute Gasteiger partial charge is 0.377 e. The van der Waals surface area contributed by atoms with Crippen molar-refractivity contribution in [1.82, 2.24) is 4.90 Å². The highest BCUT2D eigenvalue weighted by atomic mass is 32.1. The highest BCUT2D eigenvalue weighted by Gasteiger charge is 2.25. The molecule has 2 aromatic rings.